The van der Waals surface area contributed by atoms with Crippen LogP contribution in [-0.4, -0.2) is 26.0 Å². The first-order chi connectivity index (χ1) is 11.0. The zero-order valence-corrected chi connectivity index (χ0v) is 13.9. The van der Waals surface area contributed by atoms with Crippen LogP contribution in [0.25, 0.3) is 11.5 Å². The number of anilines is 1. The predicted molar refractivity (Wildman–Crippen MR) is 89.2 cm³/mol. The summed E-state index contributed by atoms with van der Waals surface area (Å²) in [6.07, 6.45) is 0.862. The van der Waals surface area contributed by atoms with Crippen LogP contribution in [0.5, 0.6) is 0 Å². The lowest BCUT2D eigenvalue weighted by Crippen LogP contribution is -2.19. The summed E-state index contributed by atoms with van der Waals surface area (Å²) in [6.45, 7) is 6.23. The highest BCUT2D eigenvalue weighted by atomic mass is 16.5. The number of benzene rings is 1. The van der Waals surface area contributed by atoms with E-state index in [-0.39, 0.29) is 6.04 Å². The summed E-state index contributed by atoms with van der Waals surface area (Å²) in [5, 5.41) is 11.8. The molecule has 1 aromatic carbocycles. The van der Waals surface area contributed by atoms with Gasteiger partial charge in [-0.2, -0.15) is 10.1 Å². The molecule has 2 aromatic heterocycles. The lowest BCUT2D eigenvalue weighted by atomic mass is 10.1. The van der Waals surface area contributed by atoms with Gasteiger partial charge in [0.05, 0.1) is 5.69 Å². The highest BCUT2D eigenvalue weighted by Crippen LogP contribution is 2.19. The fraction of sp³-hybridized carbons (Fsp3) is 0.353. The van der Waals surface area contributed by atoms with Crippen LogP contribution in [0.15, 0.2) is 34.9 Å². The van der Waals surface area contributed by atoms with Crippen molar-refractivity contribution in [2.45, 2.75) is 33.2 Å². The lowest BCUT2D eigenvalue weighted by Gasteiger charge is -2.12. The molecule has 0 amide bonds. The van der Waals surface area contributed by atoms with Gasteiger partial charge in [-0.15, -0.1) is 0 Å². The molecule has 0 fully saturated rings. The van der Waals surface area contributed by atoms with E-state index < -0.39 is 0 Å². The van der Waals surface area contributed by atoms with E-state index in [9.17, 15) is 0 Å². The standard InChI is InChI=1S/C17H21N5O/c1-11(10-15-12(2)20-22(4)13(15)3)18-17-19-16(23-21-17)14-8-6-5-7-9-14/h5-9,11H,10H2,1-4H3,(H,18,21). The van der Waals surface area contributed by atoms with E-state index in [2.05, 4.69) is 34.4 Å². The minimum Gasteiger partial charge on any atom is -0.349 e. The van der Waals surface area contributed by atoms with Crippen molar-refractivity contribution >= 4 is 5.95 Å². The average molecular weight is 311 g/mol. The van der Waals surface area contributed by atoms with E-state index in [0.29, 0.717) is 11.8 Å². The van der Waals surface area contributed by atoms with Crippen molar-refractivity contribution in [3.63, 3.8) is 0 Å². The third kappa shape index (κ3) is 3.26. The third-order valence-electron chi connectivity index (χ3n) is 3.99. The molecule has 23 heavy (non-hydrogen) atoms. The van der Waals surface area contributed by atoms with Crippen molar-refractivity contribution in [3.8, 4) is 11.5 Å². The van der Waals surface area contributed by atoms with E-state index >= 15 is 0 Å². The number of nitrogens with zero attached hydrogens (tertiary/aromatic N) is 4. The number of aromatic nitrogens is 4. The Morgan fingerprint density at radius 3 is 2.61 bits per heavy atom. The van der Waals surface area contributed by atoms with Gasteiger partial charge >= 0.3 is 0 Å². The summed E-state index contributed by atoms with van der Waals surface area (Å²) < 4.78 is 7.23. The Kier molecular flexibility index (Phi) is 4.14. The van der Waals surface area contributed by atoms with Crippen molar-refractivity contribution in [2.24, 2.45) is 7.05 Å². The summed E-state index contributed by atoms with van der Waals surface area (Å²) in [7, 11) is 1.97. The molecule has 0 saturated heterocycles. The molecule has 0 radical (unpaired) electrons. The summed E-state index contributed by atoms with van der Waals surface area (Å²) in [4.78, 5) is 4.40. The minimum absolute atomic E-state index is 0.179. The van der Waals surface area contributed by atoms with E-state index in [0.717, 1.165) is 17.7 Å². The molecule has 0 aliphatic heterocycles. The monoisotopic (exact) mass is 311 g/mol. The maximum atomic E-state index is 5.31. The summed E-state index contributed by atoms with van der Waals surface area (Å²) in [5.74, 6) is 1.03. The maximum Gasteiger partial charge on any atom is 0.263 e. The van der Waals surface area contributed by atoms with Gasteiger partial charge in [-0.1, -0.05) is 18.2 Å². The van der Waals surface area contributed by atoms with Gasteiger partial charge in [0, 0.05) is 24.3 Å². The highest BCUT2D eigenvalue weighted by molar-refractivity contribution is 5.53. The smallest absolute Gasteiger partial charge is 0.263 e. The molecule has 0 saturated carbocycles. The van der Waals surface area contributed by atoms with E-state index in [1.165, 1.54) is 11.3 Å². The average Bonchev–Trinajstić information content (AvgIpc) is 3.09. The first-order valence-electron chi connectivity index (χ1n) is 7.69. The number of rotatable bonds is 5. The Hall–Kier alpha value is -2.63. The van der Waals surface area contributed by atoms with Crippen LogP contribution in [0.3, 0.4) is 0 Å². The Bertz CT molecular complexity index is 791. The predicted octanol–water partition coefficient (Wildman–Crippen LogP) is 3.13. The van der Waals surface area contributed by atoms with E-state index in [4.69, 9.17) is 4.52 Å². The normalized spacial score (nSPS) is 12.3. The van der Waals surface area contributed by atoms with Crippen molar-refractivity contribution in [1.82, 2.24) is 19.9 Å². The van der Waals surface area contributed by atoms with Crippen LogP contribution in [0.1, 0.15) is 23.9 Å². The molecule has 0 aliphatic rings. The molecule has 1 atom stereocenters. The SMILES string of the molecule is Cc1nn(C)c(C)c1CC(C)Nc1noc(-c2ccccc2)n1. The quantitative estimate of drug-likeness (QED) is 0.784. The zero-order valence-electron chi connectivity index (χ0n) is 13.9. The second-order valence-corrected chi connectivity index (χ2v) is 5.81. The number of nitrogens with one attached hydrogen (secondary N) is 1. The second-order valence-electron chi connectivity index (χ2n) is 5.81. The summed E-state index contributed by atoms with van der Waals surface area (Å²) in [6, 6.07) is 9.93. The van der Waals surface area contributed by atoms with Crippen LogP contribution < -0.4 is 5.32 Å². The Morgan fingerprint density at radius 2 is 1.96 bits per heavy atom. The molecular weight excluding hydrogens is 290 g/mol. The molecule has 1 N–H and O–H groups in total. The van der Waals surface area contributed by atoms with Gasteiger partial charge in [-0.25, -0.2) is 0 Å². The van der Waals surface area contributed by atoms with Crippen LogP contribution in [0.4, 0.5) is 5.95 Å². The van der Waals surface area contributed by atoms with Gasteiger partial charge in [0.2, 0.25) is 0 Å². The van der Waals surface area contributed by atoms with Crippen molar-refractivity contribution in [2.75, 3.05) is 5.32 Å². The molecule has 1 unspecified atom stereocenters. The molecule has 6 nitrogen and oxygen atoms in total. The first-order valence-corrected chi connectivity index (χ1v) is 7.69. The fourth-order valence-corrected chi connectivity index (χ4v) is 2.67. The summed E-state index contributed by atoms with van der Waals surface area (Å²) in [5.41, 5.74) is 4.44. The lowest BCUT2D eigenvalue weighted by molar-refractivity contribution is 0.431. The van der Waals surface area contributed by atoms with Gasteiger partial charge in [0.25, 0.3) is 11.8 Å². The molecule has 3 aromatic rings. The van der Waals surface area contributed by atoms with E-state index in [1.54, 1.807) is 0 Å². The van der Waals surface area contributed by atoms with Gasteiger partial charge in [0.1, 0.15) is 0 Å². The van der Waals surface area contributed by atoms with Gasteiger partial charge < -0.3 is 9.84 Å². The first kappa shape index (κ1) is 15.3. The van der Waals surface area contributed by atoms with Crippen molar-refractivity contribution < 1.29 is 4.52 Å². The zero-order chi connectivity index (χ0) is 16.4. The number of hydrogen-bond acceptors (Lipinski definition) is 5. The largest absolute Gasteiger partial charge is 0.349 e. The molecule has 0 spiro atoms. The molecule has 120 valence electrons. The maximum absolute atomic E-state index is 5.31. The molecule has 0 aliphatic carbocycles. The van der Waals surface area contributed by atoms with Crippen LogP contribution in [-0.2, 0) is 13.5 Å². The van der Waals surface area contributed by atoms with Crippen LogP contribution in [0.2, 0.25) is 0 Å². The van der Waals surface area contributed by atoms with Crippen molar-refractivity contribution in [1.29, 1.82) is 0 Å². The van der Waals surface area contributed by atoms with Crippen LogP contribution in [0, 0.1) is 13.8 Å². The molecule has 6 heteroatoms. The van der Waals surface area contributed by atoms with E-state index in [1.807, 2.05) is 49.0 Å². The Morgan fingerprint density at radius 1 is 1.22 bits per heavy atom. The molecule has 2 heterocycles. The van der Waals surface area contributed by atoms with Gasteiger partial charge in [-0.3, -0.25) is 4.68 Å². The molecule has 3 rings (SSSR count). The van der Waals surface area contributed by atoms with Crippen molar-refractivity contribution in [3.05, 3.63) is 47.3 Å². The molecular formula is C17H21N5O. The number of hydrogen-bond donors (Lipinski definition) is 1. The topological polar surface area (TPSA) is 68.8 Å². The van der Waals surface area contributed by atoms with Crippen LogP contribution >= 0.6 is 0 Å². The highest BCUT2D eigenvalue weighted by Gasteiger charge is 2.15. The van der Waals surface area contributed by atoms with Gasteiger partial charge in [-0.05, 0) is 50.0 Å². The second kappa shape index (κ2) is 6.24. The Balaban J connectivity index is 1.69. The summed E-state index contributed by atoms with van der Waals surface area (Å²) >= 11 is 0. The molecule has 0 bridgehead atoms. The minimum atomic E-state index is 0.179. The van der Waals surface area contributed by atoms with Gasteiger partial charge in [0.15, 0.2) is 0 Å². The Labute approximate surface area is 135 Å². The fourth-order valence-electron chi connectivity index (χ4n) is 2.67. The third-order valence-corrected chi connectivity index (χ3v) is 3.99. The number of aryl methyl sites for hydroxylation is 2.